The molecule has 5 nitrogen and oxygen atoms in total. The monoisotopic (exact) mass is 236 g/mol. The molecule has 0 bridgehead atoms. The van der Waals surface area contributed by atoms with Crippen LogP contribution in [0.5, 0.6) is 0 Å². The average Bonchev–Trinajstić information content (AvgIpc) is 3.19. The molecule has 1 saturated carbocycles. The van der Waals surface area contributed by atoms with Crippen LogP contribution in [0.2, 0.25) is 0 Å². The first-order chi connectivity index (χ1) is 8.24. The summed E-state index contributed by atoms with van der Waals surface area (Å²) >= 11 is 0. The second kappa shape index (κ2) is 5.23. The maximum absolute atomic E-state index is 11.5. The number of methoxy groups -OCH3 is 1. The van der Waals surface area contributed by atoms with Gasteiger partial charge in [0, 0.05) is 12.5 Å². The molecular weight excluding hydrogens is 220 g/mol. The molecule has 1 aliphatic carbocycles. The van der Waals surface area contributed by atoms with Crippen molar-refractivity contribution < 1.29 is 14.3 Å². The molecule has 1 aromatic heterocycles. The number of aromatic nitrogens is 2. The van der Waals surface area contributed by atoms with Crippen molar-refractivity contribution in [1.82, 2.24) is 9.97 Å². The van der Waals surface area contributed by atoms with Crippen molar-refractivity contribution in [3.05, 3.63) is 23.3 Å². The van der Waals surface area contributed by atoms with Gasteiger partial charge in [0.2, 0.25) is 0 Å². The minimum atomic E-state index is -0.424. The highest BCUT2D eigenvalue weighted by atomic mass is 16.5. The summed E-state index contributed by atoms with van der Waals surface area (Å²) in [5.74, 6) is 0.717. The van der Waals surface area contributed by atoms with Crippen LogP contribution in [0.25, 0.3) is 0 Å². The lowest BCUT2D eigenvalue weighted by Gasteiger charge is -2.06. The van der Waals surface area contributed by atoms with Crippen molar-refractivity contribution in [3.63, 3.8) is 0 Å². The van der Waals surface area contributed by atoms with E-state index in [4.69, 9.17) is 4.74 Å². The van der Waals surface area contributed by atoms with Crippen LogP contribution in [0.15, 0.2) is 6.07 Å². The van der Waals surface area contributed by atoms with Gasteiger partial charge < -0.3 is 9.47 Å². The molecule has 1 fully saturated rings. The Bertz CT molecular complexity index is 416. The Morgan fingerprint density at radius 1 is 1.47 bits per heavy atom. The molecule has 1 aliphatic rings. The van der Waals surface area contributed by atoms with Crippen LogP contribution in [0.3, 0.4) is 0 Å². The van der Waals surface area contributed by atoms with E-state index in [1.807, 2.05) is 6.92 Å². The highest BCUT2D eigenvalue weighted by Crippen LogP contribution is 2.38. The molecule has 0 unspecified atom stereocenters. The van der Waals surface area contributed by atoms with Crippen molar-refractivity contribution in [1.29, 1.82) is 0 Å². The molecule has 0 saturated heterocycles. The number of rotatable bonds is 5. The van der Waals surface area contributed by atoms with Crippen LogP contribution >= 0.6 is 0 Å². The first kappa shape index (κ1) is 12.0. The minimum Gasteiger partial charge on any atom is -0.464 e. The number of hydrogen-bond donors (Lipinski definition) is 0. The van der Waals surface area contributed by atoms with Gasteiger partial charge in [-0.2, -0.15) is 0 Å². The summed E-state index contributed by atoms with van der Waals surface area (Å²) in [5, 5.41) is 0. The van der Waals surface area contributed by atoms with E-state index in [-0.39, 0.29) is 0 Å². The standard InChI is InChI=1S/C12H16N2O3/c1-3-17-7-9-6-10(12(15)16-2)14-11(13-9)8-4-5-8/h6,8H,3-5,7H2,1-2H3. The summed E-state index contributed by atoms with van der Waals surface area (Å²) in [6.45, 7) is 2.95. The molecule has 0 aliphatic heterocycles. The summed E-state index contributed by atoms with van der Waals surface area (Å²) in [4.78, 5) is 20.1. The molecule has 0 atom stereocenters. The summed E-state index contributed by atoms with van der Waals surface area (Å²) < 4.78 is 9.98. The van der Waals surface area contributed by atoms with E-state index in [0.717, 1.165) is 24.4 Å². The molecule has 1 aromatic rings. The van der Waals surface area contributed by atoms with Crippen LogP contribution in [0, 0.1) is 0 Å². The van der Waals surface area contributed by atoms with E-state index in [0.29, 0.717) is 24.8 Å². The van der Waals surface area contributed by atoms with E-state index in [1.54, 1.807) is 6.07 Å². The van der Waals surface area contributed by atoms with Crippen molar-refractivity contribution >= 4 is 5.97 Å². The Kier molecular flexibility index (Phi) is 3.68. The zero-order valence-electron chi connectivity index (χ0n) is 10.1. The van der Waals surface area contributed by atoms with Gasteiger partial charge in [0.05, 0.1) is 19.4 Å². The zero-order valence-corrected chi connectivity index (χ0v) is 10.1. The average molecular weight is 236 g/mol. The smallest absolute Gasteiger partial charge is 0.356 e. The molecule has 0 spiro atoms. The summed E-state index contributed by atoms with van der Waals surface area (Å²) in [7, 11) is 1.35. The highest BCUT2D eigenvalue weighted by Gasteiger charge is 2.28. The maximum atomic E-state index is 11.5. The Balaban J connectivity index is 2.25. The third-order valence-corrected chi connectivity index (χ3v) is 2.59. The van der Waals surface area contributed by atoms with Crippen LogP contribution in [0.4, 0.5) is 0 Å². The third kappa shape index (κ3) is 3.00. The van der Waals surface area contributed by atoms with Crippen LogP contribution in [0.1, 0.15) is 47.7 Å². The second-order valence-corrected chi connectivity index (χ2v) is 4.01. The number of ether oxygens (including phenoxy) is 2. The first-order valence-electron chi connectivity index (χ1n) is 5.78. The van der Waals surface area contributed by atoms with Crippen LogP contribution in [-0.2, 0) is 16.1 Å². The van der Waals surface area contributed by atoms with Crippen molar-refractivity contribution in [2.24, 2.45) is 0 Å². The lowest BCUT2D eigenvalue weighted by atomic mass is 10.3. The molecular formula is C12H16N2O3. The van der Waals surface area contributed by atoms with Gasteiger partial charge in [-0.3, -0.25) is 0 Å². The van der Waals surface area contributed by atoms with Crippen LogP contribution in [-0.4, -0.2) is 29.7 Å². The highest BCUT2D eigenvalue weighted by molar-refractivity contribution is 5.87. The van der Waals surface area contributed by atoms with Gasteiger partial charge in [-0.1, -0.05) is 0 Å². The fourth-order valence-corrected chi connectivity index (χ4v) is 1.53. The first-order valence-corrected chi connectivity index (χ1v) is 5.78. The van der Waals surface area contributed by atoms with Gasteiger partial charge in [0.1, 0.15) is 5.82 Å². The SMILES string of the molecule is CCOCc1cc(C(=O)OC)nc(C2CC2)n1. The lowest BCUT2D eigenvalue weighted by molar-refractivity contribution is 0.0592. The van der Waals surface area contributed by atoms with Crippen LogP contribution < -0.4 is 0 Å². The summed E-state index contributed by atoms with van der Waals surface area (Å²) in [6, 6.07) is 1.63. The van der Waals surface area contributed by atoms with Gasteiger partial charge >= 0.3 is 5.97 Å². The van der Waals surface area contributed by atoms with E-state index in [2.05, 4.69) is 14.7 Å². The molecule has 0 radical (unpaired) electrons. The fourth-order valence-electron chi connectivity index (χ4n) is 1.53. The summed E-state index contributed by atoms with van der Waals surface area (Å²) in [6.07, 6.45) is 2.19. The zero-order chi connectivity index (χ0) is 12.3. The van der Waals surface area contributed by atoms with Gasteiger partial charge in [-0.05, 0) is 25.8 Å². The number of carbonyl (C=O) groups excluding carboxylic acids is 1. The fraction of sp³-hybridized carbons (Fsp3) is 0.583. The van der Waals surface area contributed by atoms with E-state index in [9.17, 15) is 4.79 Å². The quantitative estimate of drug-likeness (QED) is 0.728. The van der Waals surface area contributed by atoms with E-state index >= 15 is 0 Å². The third-order valence-electron chi connectivity index (χ3n) is 2.59. The molecule has 92 valence electrons. The Morgan fingerprint density at radius 2 is 2.24 bits per heavy atom. The minimum absolute atomic E-state index is 0.319. The van der Waals surface area contributed by atoms with Crippen molar-refractivity contribution in [3.8, 4) is 0 Å². The van der Waals surface area contributed by atoms with Gasteiger partial charge in [0.15, 0.2) is 5.69 Å². The molecule has 0 aromatic carbocycles. The Hall–Kier alpha value is -1.49. The molecule has 0 N–H and O–H groups in total. The van der Waals surface area contributed by atoms with Gasteiger partial charge in [-0.25, -0.2) is 14.8 Å². The van der Waals surface area contributed by atoms with Gasteiger partial charge in [-0.15, -0.1) is 0 Å². The predicted molar refractivity (Wildman–Crippen MR) is 60.7 cm³/mol. The number of nitrogens with zero attached hydrogens (tertiary/aromatic N) is 2. The molecule has 0 amide bonds. The molecule has 5 heteroatoms. The molecule has 1 heterocycles. The normalized spacial score (nSPS) is 14.7. The van der Waals surface area contributed by atoms with Crippen molar-refractivity contribution in [2.75, 3.05) is 13.7 Å². The van der Waals surface area contributed by atoms with E-state index < -0.39 is 5.97 Å². The maximum Gasteiger partial charge on any atom is 0.356 e. The number of carbonyl (C=O) groups is 1. The van der Waals surface area contributed by atoms with E-state index in [1.165, 1.54) is 7.11 Å². The molecule has 2 rings (SSSR count). The second-order valence-electron chi connectivity index (χ2n) is 4.01. The largest absolute Gasteiger partial charge is 0.464 e. The van der Waals surface area contributed by atoms with Crippen molar-refractivity contribution in [2.45, 2.75) is 32.3 Å². The topological polar surface area (TPSA) is 61.3 Å². The predicted octanol–water partition coefficient (Wildman–Crippen LogP) is 1.68. The Morgan fingerprint density at radius 3 is 2.82 bits per heavy atom. The Labute approximate surface area is 100 Å². The molecule has 17 heavy (non-hydrogen) atoms. The van der Waals surface area contributed by atoms with Gasteiger partial charge in [0.25, 0.3) is 0 Å². The number of esters is 1. The number of hydrogen-bond acceptors (Lipinski definition) is 5. The summed E-state index contributed by atoms with van der Waals surface area (Å²) in [5.41, 5.74) is 1.06. The lowest BCUT2D eigenvalue weighted by Crippen LogP contribution is -2.10.